The molecule has 1 aromatic carbocycles. The molecule has 23 heavy (non-hydrogen) atoms. The van der Waals surface area contributed by atoms with Crippen LogP contribution in [0.15, 0.2) is 32.7 Å². The standard InChI is InChI=1S/C16H19N3O3S/c1-9-5-6-11(7-10(9)2)23-8-12(20)13-14(17)18(3)16(22)19(4)15(13)21/h5-7H,8,17H2,1-4H3. The van der Waals surface area contributed by atoms with E-state index in [1.807, 2.05) is 32.0 Å². The van der Waals surface area contributed by atoms with Gasteiger partial charge in [0.1, 0.15) is 11.4 Å². The molecular formula is C16H19N3O3S. The Hall–Kier alpha value is -2.28. The fraction of sp³-hybridized carbons (Fsp3) is 0.312. The van der Waals surface area contributed by atoms with Crippen LogP contribution in [0.5, 0.6) is 0 Å². The van der Waals surface area contributed by atoms with Crippen LogP contribution < -0.4 is 17.0 Å². The number of hydrogen-bond donors (Lipinski definition) is 1. The Morgan fingerprint density at radius 1 is 1.13 bits per heavy atom. The van der Waals surface area contributed by atoms with E-state index in [4.69, 9.17) is 5.73 Å². The summed E-state index contributed by atoms with van der Waals surface area (Å²) in [6.07, 6.45) is 0. The predicted molar refractivity (Wildman–Crippen MR) is 92.3 cm³/mol. The van der Waals surface area contributed by atoms with Crippen LogP contribution in [0.2, 0.25) is 0 Å². The number of Topliss-reactive ketones (excluding diaryl/α,β-unsaturated/α-hetero) is 1. The van der Waals surface area contributed by atoms with Crippen LogP contribution in [-0.2, 0) is 14.1 Å². The highest BCUT2D eigenvalue weighted by Gasteiger charge is 2.20. The molecule has 0 fully saturated rings. The molecule has 0 aliphatic carbocycles. The molecular weight excluding hydrogens is 314 g/mol. The number of nitrogens with zero attached hydrogens (tertiary/aromatic N) is 2. The number of hydrogen-bond acceptors (Lipinski definition) is 5. The van der Waals surface area contributed by atoms with Crippen LogP contribution >= 0.6 is 11.8 Å². The second-order valence-corrected chi connectivity index (χ2v) is 6.47. The number of thioether (sulfide) groups is 1. The van der Waals surface area contributed by atoms with Crippen molar-refractivity contribution in [2.24, 2.45) is 14.1 Å². The average Bonchev–Trinajstić information content (AvgIpc) is 2.52. The first-order chi connectivity index (χ1) is 10.7. The SMILES string of the molecule is Cc1ccc(SCC(=O)c2c(N)n(C)c(=O)n(C)c2=O)cc1C. The van der Waals surface area contributed by atoms with E-state index in [-0.39, 0.29) is 22.9 Å². The topological polar surface area (TPSA) is 87.1 Å². The Balaban J connectivity index is 2.30. The molecule has 0 aliphatic rings. The van der Waals surface area contributed by atoms with Crippen LogP contribution in [0, 0.1) is 13.8 Å². The Morgan fingerprint density at radius 3 is 2.39 bits per heavy atom. The summed E-state index contributed by atoms with van der Waals surface area (Å²) in [5.74, 6) is -0.397. The van der Waals surface area contributed by atoms with Gasteiger partial charge in [0.15, 0.2) is 5.78 Å². The maximum atomic E-state index is 12.4. The number of carbonyl (C=O) groups excluding carboxylic acids is 1. The Bertz CT molecular complexity index is 897. The van der Waals surface area contributed by atoms with Crippen LogP contribution in [0.25, 0.3) is 0 Å². The number of carbonyl (C=O) groups is 1. The maximum absolute atomic E-state index is 12.4. The summed E-state index contributed by atoms with van der Waals surface area (Å²) in [5.41, 5.74) is 6.76. The van der Waals surface area contributed by atoms with Gasteiger partial charge in [-0.25, -0.2) is 4.79 Å². The van der Waals surface area contributed by atoms with Crippen LogP contribution in [0.4, 0.5) is 5.82 Å². The van der Waals surface area contributed by atoms with Gasteiger partial charge in [0.05, 0.1) is 5.75 Å². The van der Waals surface area contributed by atoms with Crippen molar-refractivity contribution < 1.29 is 4.79 Å². The van der Waals surface area contributed by atoms with Crippen molar-refractivity contribution in [3.63, 3.8) is 0 Å². The smallest absolute Gasteiger partial charge is 0.332 e. The van der Waals surface area contributed by atoms with Crippen molar-refractivity contribution in [3.05, 3.63) is 55.7 Å². The normalized spacial score (nSPS) is 10.8. The van der Waals surface area contributed by atoms with E-state index in [0.717, 1.165) is 19.6 Å². The fourth-order valence-electron chi connectivity index (χ4n) is 2.15. The molecule has 0 saturated carbocycles. The van der Waals surface area contributed by atoms with E-state index >= 15 is 0 Å². The van der Waals surface area contributed by atoms with Crippen molar-refractivity contribution in [1.82, 2.24) is 9.13 Å². The second-order valence-electron chi connectivity index (χ2n) is 5.42. The molecule has 7 heteroatoms. The van der Waals surface area contributed by atoms with Gasteiger partial charge in [0, 0.05) is 19.0 Å². The molecule has 2 rings (SSSR count). The first kappa shape index (κ1) is 17.1. The molecule has 0 radical (unpaired) electrons. The number of anilines is 1. The van der Waals surface area contributed by atoms with Gasteiger partial charge in [-0.3, -0.25) is 18.7 Å². The van der Waals surface area contributed by atoms with Crippen LogP contribution in [-0.4, -0.2) is 20.7 Å². The van der Waals surface area contributed by atoms with Gasteiger partial charge in [0.2, 0.25) is 0 Å². The third-order valence-corrected chi connectivity index (χ3v) is 4.83. The molecule has 122 valence electrons. The quantitative estimate of drug-likeness (QED) is 0.672. The summed E-state index contributed by atoms with van der Waals surface area (Å²) in [6.45, 7) is 4.02. The number of ketones is 1. The molecule has 0 saturated heterocycles. The summed E-state index contributed by atoms with van der Waals surface area (Å²) < 4.78 is 2.00. The molecule has 0 aliphatic heterocycles. The summed E-state index contributed by atoms with van der Waals surface area (Å²) in [7, 11) is 2.77. The summed E-state index contributed by atoms with van der Waals surface area (Å²) >= 11 is 1.34. The first-order valence-electron chi connectivity index (χ1n) is 7.02. The van der Waals surface area contributed by atoms with E-state index in [1.165, 1.54) is 31.4 Å². The predicted octanol–water partition coefficient (Wildman–Crippen LogP) is 1.26. The average molecular weight is 333 g/mol. The molecule has 2 N–H and O–H groups in total. The van der Waals surface area contributed by atoms with Gasteiger partial charge >= 0.3 is 5.69 Å². The summed E-state index contributed by atoms with van der Waals surface area (Å²) in [6, 6.07) is 5.92. The lowest BCUT2D eigenvalue weighted by Gasteiger charge is -2.11. The van der Waals surface area contributed by atoms with Crippen molar-refractivity contribution in [2.75, 3.05) is 11.5 Å². The molecule has 2 aromatic rings. The maximum Gasteiger partial charge on any atom is 0.332 e. The largest absolute Gasteiger partial charge is 0.384 e. The Labute approximate surface area is 137 Å². The van der Waals surface area contributed by atoms with Crippen molar-refractivity contribution >= 4 is 23.4 Å². The zero-order chi connectivity index (χ0) is 17.3. The highest BCUT2D eigenvalue weighted by Crippen LogP contribution is 2.22. The van der Waals surface area contributed by atoms with Gasteiger partial charge in [-0.2, -0.15) is 0 Å². The lowest BCUT2D eigenvalue weighted by molar-refractivity contribution is 0.102. The van der Waals surface area contributed by atoms with E-state index in [0.29, 0.717) is 0 Å². The molecule has 0 unspecified atom stereocenters. The second kappa shape index (κ2) is 6.45. The van der Waals surface area contributed by atoms with E-state index in [9.17, 15) is 14.4 Å². The van der Waals surface area contributed by atoms with Crippen LogP contribution in [0.1, 0.15) is 21.5 Å². The lowest BCUT2D eigenvalue weighted by atomic mass is 10.1. The minimum absolute atomic E-state index is 0.0835. The van der Waals surface area contributed by atoms with Crippen molar-refractivity contribution in [1.29, 1.82) is 0 Å². The number of rotatable bonds is 4. The molecule has 1 heterocycles. The molecule has 1 aromatic heterocycles. The van der Waals surface area contributed by atoms with Crippen molar-refractivity contribution in [3.8, 4) is 0 Å². The minimum Gasteiger partial charge on any atom is -0.384 e. The molecule has 0 atom stereocenters. The summed E-state index contributed by atoms with van der Waals surface area (Å²) in [4.78, 5) is 37.3. The number of aryl methyl sites for hydroxylation is 2. The third kappa shape index (κ3) is 3.24. The number of benzene rings is 1. The zero-order valence-electron chi connectivity index (χ0n) is 13.5. The molecule has 0 amide bonds. The van der Waals surface area contributed by atoms with Gasteiger partial charge in [-0.1, -0.05) is 6.07 Å². The Morgan fingerprint density at radius 2 is 1.78 bits per heavy atom. The summed E-state index contributed by atoms with van der Waals surface area (Å²) in [5, 5.41) is 0. The highest BCUT2D eigenvalue weighted by molar-refractivity contribution is 8.00. The Kier molecular flexibility index (Phi) is 4.79. The monoisotopic (exact) mass is 333 g/mol. The molecule has 6 nitrogen and oxygen atoms in total. The first-order valence-corrected chi connectivity index (χ1v) is 8.01. The van der Waals surface area contributed by atoms with Gasteiger partial charge in [-0.05, 0) is 37.1 Å². The lowest BCUT2D eigenvalue weighted by Crippen LogP contribution is -2.41. The van der Waals surface area contributed by atoms with Crippen molar-refractivity contribution in [2.45, 2.75) is 18.7 Å². The fourth-order valence-corrected chi connectivity index (χ4v) is 3.01. The third-order valence-electron chi connectivity index (χ3n) is 3.84. The minimum atomic E-state index is -0.656. The molecule has 0 bridgehead atoms. The van der Waals surface area contributed by atoms with E-state index in [2.05, 4.69) is 0 Å². The number of nitrogen functional groups attached to an aromatic ring is 1. The van der Waals surface area contributed by atoms with Crippen LogP contribution in [0.3, 0.4) is 0 Å². The number of aromatic nitrogens is 2. The van der Waals surface area contributed by atoms with Gasteiger partial charge in [0.25, 0.3) is 5.56 Å². The zero-order valence-corrected chi connectivity index (χ0v) is 14.4. The van der Waals surface area contributed by atoms with Gasteiger partial charge < -0.3 is 5.73 Å². The van der Waals surface area contributed by atoms with E-state index in [1.54, 1.807) is 0 Å². The van der Waals surface area contributed by atoms with Gasteiger partial charge in [-0.15, -0.1) is 11.8 Å². The molecule has 0 spiro atoms. The van der Waals surface area contributed by atoms with E-state index < -0.39 is 11.2 Å². The number of nitrogens with two attached hydrogens (primary N) is 1. The highest BCUT2D eigenvalue weighted by atomic mass is 32.2.